The number of para-hydroxylation sites is 2. The van der Waals surface area contributed by atoms with Crippen molar-refractivity contribution in [2.75, 3.05) is 11.1 Å². The van der Waals surface area contributed by atoms with E-state index in [0.717, 1.165) is 27.6 Å². The molecule has 0 unspecified atom stereocenters. The molecule has 0 radical (unpaired) electrons. The number of hydrogen-bond donors (Lipinski definition) is 1. The molecule has 0 saturated heterocycles. The fraction of sp³-hybridized carbons (Fsp3) is 0.100. The molecule has 0 aliphatic rings. The van der Waals surface area contributed by atoms with Gasteiger partial charge >= 0.3 is 0 Å². The van der Waals surface area contributed by atoms with E-state index >= 15 is 0 Å². The van der Waals surface area contributed by atoms with Gasteiger partial charge in [-0.15, -0.1) is 11.8 Å². The highest BCUT2D eigenvalue weighted by Gasteiger charge is 2.09. The van der Waals surface area contributed by atoms with Gasteiger partial charge in [0.25, 0.3) is 5.91 Å². The van der Waals surface area contributed by atoms with Gasteiger partial charge in [-0.2, -0.15) is 0 Å². The van der Waals surface area contributed by atoms with Crippen molar-refractivity contribution < 1.29 is 4.79 Å². The quantitative estimate of drug-likeness (QED) is 0.530. The lowest BCUT2D eigenvalue weighted by atomic mass is 10.2. The molecule has 0 aliphatic heterocycles. The SMILES string of the molecule is CCSc1cc(C(=O)Nc2ccc(-n3cnc4ccccc43)nc2)ccn1. The van der Waals surface area contributed by atoms with Crippen LogP contribution in [0.25, 0.3) is 16.9 Å². The third-order valence-electron chi connectivity index (χ3n) is 4.00. The number of nitrogens with one attached hydrogen (secondary N) is 1. The second-order valence-electron chi connectivity index (χ2n) is 5.78. The fourth-order valence-electron chi connectivity index (χ4n) is 2.72. The summed E-state index contributed by atoms with van der Waals surface area (Å²) < 4.78 is 1.91. The second-order valence-corrected chi connectivity index (χ2v) is 7.06. The fourth-order valence-corrected chi connectivity index (χ4v) is 3.37. The molecule has 4 aromatic rings. The van der Waals surface area contributed by atoms with Gasteiger partial charge < -0.3 is 5.32 Å². The van der Waals surface area contributed by atoms with Gasteiger partial charge in [-0.1, -0.05) is 19.1 Å². The zero-order valence-electron chi connectivity index (χ0n) is 14.7. The van der Waals surface area contributed by atoms with Gasteiger partial charge in [0.05, 0.1) is 27.9 Å². The van der Waals surface area contributed by atoms with E-state index in [2.05, 4.69) is 27.2 Å². The molecule has 0 saturated carbocycles. The van der Waals surface area contributed by atoms with Crippen LogP contribution in [0, 0.1) is 0 Å². The van der Waals surface area contributed by atoms with E-state index in [9.17, 15) is 4.79 Å². The number of nitrogens with zero attached hydrogens (tertiary/aromatic N) is 4. The van der Waals surface area contributed by atoms with E-state index < -0.39 is 0 Å². The number of thioether (sulfide) groups is 1. The predicted molar refractivity (Wildman–Crippen MR) is 107 cm³/mol. The first-order valence-electron chi connectivity index (χ1n) is 8.53. The minimum Gasteiger partial charge on any atom is -0.321 e. The molecule has 1 N–H and O–H groups in total. The van der Waals surface area contributed by atoms with Crippen molar-refractivity contribution in [3.05, 3.63) is 72.8 Å². The summed E-state index contributed by atoms with van der Waals surface area (Å²) in [6, 6.07) is 15.1. The summed E-state index contributed by atoms with van der Waals surface area (Å²) in [5, 5.41) is 3.71. The number of fused-ring (bicyclic) bond motifs is 1. The molecule has 3 aromatic heterocycles. The van der Waals surface area contributed by atoms with Crippen molar-refractivity contribution in [2.45, 2.75) is 11.9 Å². The molecule has 0 bridgehead atoms. The highest BCUT2D eigenvalue weighted by molar-refractivity contribution is 7.99. The number of pyridine rings is 2. The van der Waals surface area contributed by atoms with Gasteiger partial charge in [0.15, 0.2) is 0 Å². The molecule has 3 heterocycles. The monoisotopic (exact) mass is 375 g/mol. The van der Waals surface area contributed by atoms with E-state index in [1.165, 1.54) is 0 Å². The van der Waals surface area contributed by atoms with Crippen molar-refractivity contribution in [1.82, 2.24) is 19.5 Å². The zero-order chi connectivity index (χ0) is 18.6. The zero-order valence-corrected chi connectivity index (χ0v) is 15.5. The smallest absolute Gasteiger partial charge is 0.255 e. The summed E-state index contributed by atoms with van der Waals surface area (Å²) in [7, 11) is 0. The summed E-state index contributed by atoms with van der Waals surface area (Å²) in [4.78, 5) is 25.5. The molecule has 0 fully saturated rings. The van der Waals surface area contributed by atoms with Crippen LogP contribution in [0.15, 0.2) is 72.3 Å². The standard InChI is InChI=1S/C20H17N5OS/c1-2-27-19-11-14(9-10-21-19)20(26)24-15-7-8-18(22-12-15)25-13-23-16-5-3-4-6-17(16)25/h3-13H,2H2,1H3,(H,24,26). The largest absolute Gasteiger partial charge is 0.321 e. The minimum atomic E-state index is -0.182. The third kappa shape index (κ3) is 3.68. The van der Waals surface area contributed by atoms with Crippen molar-refractivity contribution in [3.8, 4) is 5.82 Å². The van der Waals surface area contributed by atoms with Gasteiger partial charge in [0, 0.05) is 11.8 Å². The molecule has 1 amide bonds. The molecule has 1 aromatic carbocycles. The molecular formula is C20H17N5OS. The Morgan fingerprint density at radius 3 is 2.81 bits per heavy atom. The third-order valence-corrected chi connectivity index (χ3v) is 4.80. The number of imidazole rings is 1. The van der Waals surface area contributed by atoms with E-state index in [-0.39, 0.29) is 5.91 Å². The van der Waals surface area contributed by atoms with Crippen molar-refractivity contribution in [3.63, 3.8) is 0 Å². The Labute approximate surface area is 160 Å². The number of hydrogen-bond acceptors (Lipinski definition) is 5. The molecular weight excluding hydrogens is 358 g/mol. The Kier molecular flexibility index (Phi) is 4.84. The number of rotatable bonds is 5. The van der Waals surface area contributed by atoms with Gasteiger partial charge in [-0.25, -0.2) is 15.0 Å². The van der Waals surface area contributed by atoms with Gasteiger partial charge in [0.1, 0.15) is 12.1 Å². The first kappa shape index (κ1) is 17.2. The van der Waals surface area contributed by atoms with E-state index in [1.807, 2.05) is 41.0 Å². The Morgan fingerprint density at radius 1 is 1.11 bits per heavy atom. The molecule has 0 aliphatic carbocycles. The predicted octanol–water partition coefficient (Wildman–Crippen LogP) is 4.18. The maximum Gasteiger partial charge on any atom is 0.255 e. The Morgan fingerprint density at radius 2 is 2.00 bits per heavy atom. The lowest BCUT2D eigenvalue weighted by Crippen LogP contribution is -2.12. The molecule has 0 spiro atoms. The lowest BCUT2D eigenvalue weighted by Gasteiger charge is -2.08. The van der Waals surface area contributed by atoms with Crippen LogP contribution in [0.4, 0.5) is 5.69 Å². The van der Waals surface area contributed by atoms with Crippen molar-refractivity contribution in [1.29, 1.82) is 0 Å². The number of aromatic nitrogens is 4. The van der Waals surface area contributed by atoms with Crippen LogP contribution in [0.1, 0.15) is 17.3 Å². The number of benzene rings is 1. The van der Waals surface area contributed by atoms with Crippen LogP contribution in [0.2, 0.25) is 0 Å². The summed E-state index contributed by atoms with van der Waals surface area (Å²) in [6.45, 7) is 2.05. The number of carbonyl (C=O) groups excluding carboxylic acids is 1. The van der Waals surface area contributed by atoms with E-state index in [1.54, 1.807) is 42.6 Å². The average molecular weight is 375 g/mol. The normalized spacial score (nSPS) is 10.9. The van der Waals surface area contributed by atoms with Crippen LogP contribution in [0.5, 0.6) is 0 Å². The first-order valence-corrected chi connectivity index (χ1v) is 9.52. The highest BCUT2D eigenvalue weighted by Crippen LogP contribution is 2.19. The average Bonchev–Trinajstić information content (AvgIpc) is 3.13. The lowest BCUT2D eigenvalue weighted by molar-refractivity contribution is 0.102. The van der Waals surface area contributed by atoms with Crippen LogP contribution < -0.4 is 5.32 Å². The van der Waals surface area contributed by atoms with Crippen LogP contribution in [0.3, 0.4) is 0 Å². The van der Waals surface area contributed by atoms with Crippen LogP contribution in [-0.2, 0) is 0 Å². The van der Waals surface area contributed by atoms with Crippen LogP contribution in [-0.4, -0.2) is 31.2 Å². The van der Waals surface area contributed by atoms with E-state index in [0.29, 0.717) is 11.3 Å². The van der Waals surface area contributed by atoms with Crippen LogP contribution >= 0.6 is 11.8 Å². The summed E-state index contributed by atoms with van der Waals surface area (Å²) in [6.07, 6.45) is 5.04. The molecule has 4 rings (SSSR count). The minimum absolute atomic E-state index is 0.182. The molecule has 6 nitrogen and oxygen atoms in total. The maximum atomic E-state index is 12.5. The summed E-state index contributed by atoms with van der Waals surface area (Å²) in [5.74, 6) is 1.47. The van der Waals surface area contributed by atoms with Gasteiger partial charge in [-0.3, -0.25) is 9.36 Å². The van der Waals surface area contributed by atoms with Crippen molar-refractivity contribution >= 4 is 34.4 Å². The topological polar surface area (TPSA) is 72.7 Å². The maximum absolute atomic E-state index is 12.5. The second kappa shape index (κ2) is 7.59. The molecule has 134 valence electrons. The molecule has 0 atom stereocenters. The van der Waals surface area contributed by atoms with Crippen molar-refractivity contribution in [2.24, 2.45) is 0 Å². The number of anilines is 1. The number of carbonyl (C=O) groups is 1. The Balaban J connectivity index is 1.52. The number of amides is 1. The Hall–Kier alpha value is -3.19. The molecule has 7 heteroatoms. The van der Waals surface area contributed by atoms with E-state index in [4.69, 9.17) is 0 Å². The highest BCUT2D eigenvalue weighted by atomic mass is 32.2. The first-order chi connectivity index (χ1) is 13.2. The summed E-state index contributed by atoms with van der Waals surface area (Å²) >= 11 is 1.60. The van der Waals surface area contributed by atoms with Gasteiger partial charge in [-0.05, 0) is 42.2 Å². The summed E-state index contributed by atoms with van der Waals surface area (Å²) in [5.41, 5.74) is 3.11. The Bertz CT molecular complexity index is 1090. The van der Waals surface area contributed by atoms with Gasteiger partial charge in [0.2, 0.25) is 0 Å². The molecule has 27 heavy (non-hydrogen) atoms.